The molecule has 0 saturated heterocycles. The predicted octanol–water partition coefficient (Wildman–Crippen LogP) is 3.62. The summed E-state index contributed by atoms with van der Waals surface area (Å²) in [5, 5.41) is 13.5. The maximum Gasteiger partial charge on any atom is 0.310 e. The highest BCUT2D eigenvalue weighted by molar-refractivity contribution is 9.10. The molecule has 2 aromatic carbocycles. The number of hydrogen-bond donors (Lipinski definition) is 1. The normalized spacial score (nSPS) is 10.0. The molecule has 6 nitrogen and oxygen atoms in total. The number of benzene rings is 2. The van der Waals surface area contributed by atoms with E-state index in [1.807, 2.05) is 0 Å². The minimum atomic E-state index is -0.560. The molecule has 0 aliphatic heterocycles. The van der Waals surface area contributed by atoms with Gasteiger partial charge in [0.1, 0.15) is 0 Å². The third kappa shape index (κ3) is 3.57. The molecule has 0 saturated carbocycles. The summed E-state index contributed by atoms with van der Waals surface area (Å²) >= 11 is 3.30. The lowest BCUT2D eigenvalue weighted by atomic mass is 10.1. The van der Waals surface area contributed by atoms with Gasteiger partial charge in [-0.3, -0.25) is 14.9 Å². The van der Waals surface area contributed by atoms with Crippen LogP contribution in [-0.4, -0.2) is 17.9 Å². The van der Waals surface area contributed by atoms with E-state index in [0.29, 0.717) is 5.69 Å². The molecule has 0 radical (unpaired) electrons. The number of anilines is 1. The van der Waals surface area contributed by atoms with Gasteiger partial charge in [-0.1, -0.05) is 15.9 Å². The number of rotatable bonds is 4. The number of nitrogens with one attached hydrogen (secondary N) is 1. The van der Waals surface area contributed by atoms with E-state index in [2.05, 4.69) is 21.2 Å². The SMILES string of the molecule is COc1cc(C(=O)Nc2ccc(Br)cc2)ccc1[N+](=O)[O-]. The van der Waals surface area contributed by atoms with Crippen LogP contribution in [0.1, 0.15) is 10.4 Å². The van der Waals surface area contributed by atoms with E-state index in [1.165, 1.54) is 25.3 Å². The van der Waals surface area contributed by atoms with Crippen LogP contribution in [-0.2, 0) is 0 Å². The quantitative estimate of drug-likeness (QED) is 0.674. The van der Waals surface area contributed by atoms with Crippen molar-refractivity contribution in [1.29, 1.82) is 0 Å². The minimum Gasteiger partial charge on any atom is -0.490 e. The molecule has 7 heteroatoms. The van der Waals surface area contributed by atoms with Crippen LogP contribution in [0.15, 0.2) is 46.9 Å². The third-order valence-electron chi connectivity index (χ3n) is 2.74. The number of amides is 1. The molecule has 2 aromatic rings. The van der Waals surface area contributed by atoms with Crippen molar-refractivity contribution in [2.45, 2.75) is 0 Å². The largest absolute Gasteiger partial charge is 0.490 e. The second-order valence-corrected chi connectivity index (χ2v) is 5.02. The van der Waals surface area contributed by atoms with E-state index < -0.39 is 4.92 Å². The van der Waals surface area contributed by atoms with Gasteiger partial charge in [0.05, 0.1) is 12.0 Å². The third-order valence-corrected chi connectivity index (χ3v) is 3.27. The van der Waals surface area contributed by atoms with Crippen molar-refractivity contribution >= 4 is 33.2 Å². The molecule has 0 aliphatic rings. The van der Waals surface area contributed by atoms with Crippen LogP contribution in [0.5, 0.6) is 5.75 Å². The van der Waals surface area contributed by atoms with Crippen molar-refractivity contribution in [3.05, 3.63) is 62.6 Å². The fraction of sp³-hybridized carbons (Fsp3) is 0.0714. The summed E-state index contributed by atoms with van der Waals surface area (Å²) in [4.78, 5) is 22.3. The highest BCUT2D eigenvalue weighted by Gasteiger charge is 2.17. The number of carbonyl (C=O) groups is 1. The zero-order valence-corrected chi connectivity index (χ0v) is 12.6. The number of carbonyl (C=O) groups excluding carboxylic acids is 1. The second kappa shape index (κ2) is 6.36. The van der Waals surface area contributed by atoms with Crippen molar-refractivity contribution < 1.29 is 14.5 Å². The Kier molecular flexibility index (Phi) is 4.54. The molecule has 0 unspecified atom stereocenters. The Bertz CT molecular complexity index is 686. The van der Waals surface area contributed by atoms with Crippen LogP contribution in [0.2, 0.25) is 0 Å². The maximum atomic E-state index is 12.1. The highest BCUT2D eigenvalue weighted by atomic mass is 79.9. The van der Waals surface area contributed by atoms with Gasteiger partial charge in [-0.25, -0.2) is 0 Å². The molecule has 0 atom stereocenters. The van der Waals surface area contributed by atoms with Crippen molar-refractivity contribution in [3.63, 3.8) is 0 Å². The van der Waals surface area contributed by atoms with Crippen molar-refractivity contribution in [2.24, 2.45) is 0 Å². The van der Waals surface area contributed by atoms with Gasteiger partial charge in [-0.2, -0.15) is 0 Å². The smallest absolute Gasteiger partial charge is 0.310 e. The number of halogens is 1. The fourth-order valence-corrected chi connectivity index (χ4v) is 1.97. The summed E-state index contributed by atoms with van der Waals surface area (Å²) < 4.78 is 5.84. The van der Waals surface area contributed by atoms with E-state index in [9.17, 15) is 14.9 Å². The fourth-order valence-electron chi connectivity index (χ4n) is 1.71. The van der Waals surface area contributed by atoms with Crippen LogP contribution in [0.4, 0.5) is 11.4 Å². The summed E-state index contributed by atoms with van der Waals surface area (Å²) in [5.41, 5.74) is 0.721. The number of nitro groups is 1. The van der Waals surface area contributed by atoms with E-state index in [1.54, 1.807) is 24.3 Å². The van der Waals surface area contributed by atoms with E-state index >= 15 is 0 Å². The summed E-state index contributed by atoms with van der Waals surface area (Å²) in [6.07, 6.45) is 0. The molecule has 0 bridgehead atoms. The lowest BCUT2D eigenvalue weighted by molar-refractivity contribution is -0.385. The van der Waals surface area contributed by atoms with Crippen LogP contribution in [0.25, 0.3) is 0 Å². The molecule has 21 heavy (non-hydrogen) atoms. The van der Waals surface area contributed by atoms with Crippen molar-refractivity contribution in [3.8, 4) is 5.75 Å². The average Bonchev–Trinajstić information content (AvgIpc) is 2.48. The lowest BCUT2D eigenvalue weighted by Crippen LogP contribution is -2.12. The van der Waals surface area contributed by atoms with Crippen LogP contribution < -0.4 is 10.1 Å². The molecule has 0 aliphatic carbocycles. The first-order valence-electron chi connectivity index (χ1n) is 5.90. The van der Waals surface area contributed by atoms with Crippen LogP contribution in [0.3, 0.4) is 0 Å². The van der Waals surface area contributed by atoms with E-state index in [0.717, 1.165) is 4.47 Å². The van der Waals surface area contributed by atoms with Gasteiger partial charge in [0.2, 0.25) is 0 Å². The second-order valence-electron chi connectivity index (χ2n) is 4.10. The Labute approximate surface area is 129 Å². The van der Waals surface area contributed by atoms with Crippen LogP contribution >= 0.6 is 15.9 Å². The van der Waals surface area contributed by atoms with Gasteiger partial charge in [0.15, 0.2) is 5.75 Å². The zero-order chi connectivity index (χ0) is 15.4. The van der Waals surface area contributed by atoms with Crippen LogP contribution in [0, 0.1) is 10.1 Å². The summed E-state index contributed by atoms with van der Waals surface area (Å²) in [7, 11) is 1.32. The molecule has 0 spiro atoms. The molecule has 1 amide bonds. The van der Waals surface area contributed by atoms with Gasteiger partial charge >= 0.3 is 5.69 Å². The molecule has 108 valence electrons. The molecule has 0 heterocycles. The number of nitrogens with zero attached hydrogens (tertiary/aromatic N) is 1. The van der Waals surface area contributed by atoms with Crippen molar-refractivity contribution in [2.75, 3.05) is 12.4 Å². The summed E-state index contributed by atoms with van der Waals surface area (Å²) in [5.74, 6) is -0.325. The Balaban J connectivity index is 2.23. The highest BCUT2D eigenvalue weighted by Crippen LogP contribution is 2.27. The van der Waals surface area contributed by atoms with Gasteiger partial charge in [0, 0.05) is 27.9 Å². The first-order chi connectivity index (χ1) is 10.0. The molecule has 1 N–H and O–H groups in total. The summed E-state index contributed by atoms with van der Waals surface area (Å²) in [6, 6.07) is 11.0. The molecule has 2 rings (SSSR count). The number of methoxy groups -OCH3 is 1. The van der Waals surface area contributed by atoms with Crippen molar-refractivity contribution in [1.82, 2.24) is 0 Å². The summed E-state index contributed by atoms with van der Waals surface area (Å²) in [6.45, 7) is 0. The number of ether oxygens (including phenoxy) is 1. The molecular weight excluding hydrogens is 340 g/mol. The van der Waals surface area contributed by atoms with E-state index in [-0.39, 0.29) is 22.9 Å². The standard InChI is InChI=1S/C14H11BrN2O4/c1-21-13-8-9(2-7-12(13)17(19)20)14(18)16-11-5-3-10(15)4-6-11/h2-8H,1H3,(H,16,18). The zero-order valence-electron chi connectivity index (χ0n) is 11.0. The lowest BCUT2D eigenvalue weighted by Gasteiger charge is -2.07. The Morgan fingerprint density at radius 2 is 1.90 bits per heavy atom. The number of hydrogen-bond acceptors (Lipinski definition) is 4. The topological polar surface area (TPSA) is 81.5 Å². The first-order valence-corrected chi connectivity index (χ1v) is 6.70. The van der Waals surface area contributed by atoms with Gasteiger partial charge in [-0.15, -0.1) is 0 Å². The Morgan fingerprint density at radius 1 is 1.24 bits per heavy atom. The van der Waals surface area contributed by atoms with Gasteiger partial charge < -0.3 is 10.1 Å². The molecule has 0 aromatic heterocycles. The Morgan fingerprint density at radius 3 is 2.48 bits per heavy atom. The predicted molar refractivity (Wildman–Crippen MR) is 81.7 cm³/mol. The first kappa shape index (κ1) is 15.0. The molecule has 0 fully saturated rings. The van der Waals surface area contributed by atoms with E-state index in [4.69, 9.17) is 4.74 Å². The Hall–Kier alpha value is -2.41. The maximum absolute atomic E-state index is 12.1. The molecular formula is C14H11BrN2O4. The monoisotopic (exact) mass is 350 g/mol. The number of nitro benzene ring substituents is 1. The van der Waals surface area contributed by atoms with Gasteiger partial charge in [0.25, 0.3) is 5.91 Å². The minimum absolute atomic E-state index is 0.0449. The average molecular weight is 351 g/mol. The van der Waals surface area contributed by atoms with Gasteiger partial charge in [-0.05, 0) is 30.3 Å².